The van der Waals surface area contributed by atoms with Gasteiger partial charge in [0.25, 0.3) is 23.6 Å². The second-order valence-corrected chi connectivity index (χ2v) is 9.44. The highest BCUT2D eigenvalue weighted by atomic mass is 16.2. The number of imide groups is 2. The summed E-state index contributed by atoms with van der Waals surface area (Å²) in [7, 11) is 0. The highest BCUT2D eigenvalue weighted by Gasteiger charge is 2.41. The summed E-state index contributed by atoms with van der Waals surface area (Å²) in [5.41, 5.74) is 0. The molecule has 6 nitrogen and oxygen atoms in total. The molecular weight excluding hydrogens is 368 g/mol. The van der Waals surface area contributed by atoms with Gasteiger partial charge in [-0.1, -0.05) is 13.8 Å². The van der Waals surface area contributed by atoms with Gasteiger partial charge in [-0.15, -0.1) is 0 Å². The molecule has 2 saturated carbocycles. The molecule has 0 spiro atoms. The van der Waals surface area contributed by atoms with Crippen LogP contribution in [0.1, 0.15) is 58.8 Å². The van der Waals surface area contributed by atoms with E-state index in [9.17, 15) is 19.2 Å². The Hall–Kier alpha value is -2.24. The van der Waals surface area contributed by atoms with Crippen LogP contribution in [0.3, 0.4) is 0 Å². The van der Waals surface area contributed by atoms with Crippen molar-refractivity contribution in [1.29, 1.82) is 0 Å². The Morgan fingerprint density at radius 3 is 1.31 bits per heavy atom. The molecule has 2 fully saturated rings. The summed E-state index contributed by atoms with van der Waals surface area (Å²) in [6, 6.07) is 0.0474. The van der Waals surface area contributed by atoms with Gasteiger partial charge < -0.3 is 0 Å². The maximum atomic E-state index is 12.0. The van der Waals surface area contributed by atoms with Gasteiger partial charge in [-0.05, 0) is 68.6 Å². The average molecular weight is 399 g/mol. The quantitative estimate of drug-likeness (QED) is 0.683. The molecule has 2 heterocycles. The van der Waals surface area contributed by atoms with Gasteiger partial charge in [-0.2, -0.15) is 0 Å². The minimum absolute atomic E-state index is 0.0237. The van der Waals surface area contributed by atoms with E-state index in [4.69, 9.17) is 0 Å². The van der Waals surface area contributed by atoms with Crippen LogP contribution in [-0.4, -0.2) is 45.5 Å². The standard InChI is InChI=1S/C23H30N2O4/c1-14-11-16(3-5-18(14)24-20(26)7-8-21(24)27)13-17-4-6-19(15(2)12-17)25-22(28)9-10-23(25)29/h7-10,14-19H,3-6,11-13H2,1-2H3. The van der Waals surface area contributed by atoms with Gasteiger partial charge in [0.05, 0.1) is 0 Å². The summed E-state index contributed by atoms with van der Waals surface area (Å²) in [6.45, 7) is 4.32. The molecule has 156 valence electrons. The molecule has 4 rings (SSSR count). The van der Waals surface area contributed by atoms with Crippen molar-refractivity contribution >= 4 is 23.6 Å². The number of rotatable bonds is 4. The third-order valence-electron chi connectivity index (χ3n) is 7.48. The lowest BCUT2D eigenvalue weighted by Crippen LogP contribution is -2.47. The largest absolute Gasteiger partial charge is 0.272 e. The molecule has 0 aromatic heterocycles. The molecule has 2 aliphatic heterocycles. The number of hydrogen-bond acceptors (Lipinski definition) is 4. The third-order valence-corrected chi connectivity index (χ3v) is 7.48. The fourth-order valence-electron chi connectivity index (χ4n) is 6.13. The average Bonchev–Trinajstić information content (AvgIpc) is 3.18. The molecular formula is C23H30N2O4. The summed E-state index contributed by atoms with van der Waals surface area (Å²) in [5, 5.41) is 0. The Kier molecular flexibility index (Phi) is 5.45. The van der Waals surface area contributed by atoms with Crippen LogP contribution in [0.5, 0.6) is 0 Å². The topological polar surface area (TPSA) is 74.8 Å². The molecule has 0 aromatic rings. The SMILES string of the molecule is CC1CC(CC2CCC(N3C(=O)C=CC3=O)C(C)C2)CCC1N1C(=O)C=CC1=O. The molecule has 4 amide bonds. The Labute approximate surface area is 172 Å². The van der Waals surface area contributed by atoms with Crippen molar-refractivity contribution in [3.63, 3.8) is 0 Å². The zero-order valence-corrected chi connectivity index (χ0v) is 17.3. The Morgan fingerprint density at radius 1 is 0.655 bits per heavy atom. The summed E-state index contributed by atoms with van der Waals surface area (Å²) in [6.07, 6.45) is 12.6. The fourth-order valence-corrected chi connectivity index (χ4v) is 6.13. The lowest BCUT2D eigenvalue weighted by atomic mass is 9.70. The number of amides is 4. The first-order chi connectivity index (χ1) is 13.8. The van der Waals surface area contributed by atoms with Crippen LogP contribution in [0.4, 0.5) is 0 Å². The van der Waals surface area contributed by atoms with Gasteiger partial charge in [-0.25, -0.2) is 0 Å². The van der Waals surface area contributed by atoms with E-state index in [2.05, 4.69) is 13.8 Å². The van der Waals surface area contributed by atoms with E-state index in [1.165, 1.54) is 34.1 Å². The lowest BCUT2D eigenvalue weighted by Gasteiger charge is -2.42. The predicted octanol–water partition coefficient (Wildman–Crippen LogP) is 2.84. The van der Waals surface area contributed by atoms with Crippen molar-refractivity contribution in [1.82, 2.24) is 9.80 Å². The second-order valence-electron chi connectivity index (χ2n) is 9.44. The molecule has 0 radical (unpaired) electrons. The Balaban J connectivity index is 1.29. The summed E-state index contributed by atoms with van der Waals surface area (Å²) in [4.78, 5) is 50.9. The number of carbonyl (C=O) groups excluding carboxylic acids is 4. The monoisotopic (exact) mass is 398 g/mol. The zero-order valence-electron chi connectivity index (χ0n) is 17.3. The molecule has 6 unspecified atom stereocenters. The van der Waals surface area contributed by atoms with E-state index in [-0.39, 0.29) is 35.7 Å². The Morgan fingerprint density at radius 2 is 1.00 bits per heavy atom. The van der Waals surface area contributed by atoms with Crippen molar-refractivity contribution in [2.75, 3.05) is 0 Å². The molecule has 29 heavy (non-hydrogen) atoms. The van der Waals surface area contributed by atoms with Crippen LogP contribution in [0.15, 0.2) is 24.3 Å². The second kappa shape index (κ2) is 7.88. The molecule has 2 aliphatic carbocycles. The van der Waals surface area contributed by atoms with Gasteiger partial charge in [-0.3, -0.25) is 29.0 Å². The van der Waals surface area contributed by atoms with Crippen molar-refractivity contribution in [3.8, 4) is 0 Å². The van der Waals surface area contributed by atoms with E-state index in [0.29, 0.717) is 23.7 Å². The van der Waals surface area contributed by atoms with Crippen LogP contribution < -0.4 is 0 Å². The highest BCUT2D eigenvalue weighted by molar-refractivity contribution is 6.13. The van der Waals surface area contributed by atoms with Gasteiger partial charge in [0.15, 0.2) is 0 Å². The summed E-state index contributed by atoms with van der Waals surface area (Å²) >= 11 is 0. The highest BCUT2D eigenvalue weighted by Crippen LogP contribution is 2.41. The van der Waals surface area contributed by atoms with E-state index in [1.54, 1.807) is 0 Å². The van der Waals surface area contributed by atoms with E-state index >= 15 is 0 Å². The molecule has 6 atom stereocenters. The zero-order chi connectivity index (χ0) is 20.7. The first-order valence-corrected chi connectivity index (χ1v) is 11.0. The molecule has 4 aliphatic rings. The maximum Gasteiger partial charge on any atom is 0.253 e. The van der Waals surface area contributed by atoms with Crippen molar-refractivity contribution < 1.29 is 19.2 Å². The van der Waals surface area contributed by atoms with E-state index in [0.717, 1.165) is 44.9 Å². The molecule has 0 aromatic carbocycles. The van der Waals surface area contributed by atoms with E-state index in [1.807, 2.05) is 0 Å². The predicted molar refractivity (Wildman–Crippen MR) is 107 cm³/mol. The van der Waals surface area contributed by atoms with Crippen LogP contribution in [0.2, 0.25) is 0 Å². The van der Waals surface area contributed by atoms with Gasteiger partial charge >= 0.3 is 0 Å². The maximum absolute atomic E-state index is 12.0. The number of carbonyl (C=O) groups is 4. The fraction of sp³-hybridized carbons (Fsp3) is 0.652. The molecule has 0 N–H and O–H groups in total. The van der Waals surface area contributed by atoms with Crippen LogP contribution in [-0.2, 0) is 19.2 Å². The van der Waals surface area contributed by atoms with Gasteiger partial charge in [0, 0.05) is 36.4 Å². The smallest absolute Gasteiger partial charge is 0.253 e. The lowest BCUT2D eigenvalue weighted by molar-refractivity contribution is -0.143. The third kappa shape index (κ3) is 3.81. The van der Waals surface area contributed by atoms with Crippen LogP contribution >= 0.6 is 0 Å². The minimum atomic E-state index is -0.169. The minimum Gasteiger partial charge on any atom is -0.272 e. The van der Waals surface area contributed by atoms with Gasteiger partial charge in [0.2, 0.25) is 0 Å². The molecule has 0 saturated heterocycles. The summed E-state index contributed by atoms with van der Waals surface area (Å²) in [5.74, 6) is 1.20. The number of nitrogens with zero attached hydrogens (tertiary/aromatic N) is 2. The van der Waals surface area contributed by atoms with Crippen molar-refractivity contribution in [2.24, 2.45) is 23.7 Å². The molecule has 0 bridgehead atoms. The van der Waals surface area contributed by atoms with Crippen molar-refractivity contribution in [2.45, 2.75) is 70.9 Å². The Bertz CT molecular complexity index is 686. The first kappa shape index (κ1) is 20.0. The van der Waals surface area contributed by atoms with Gasteiger partial charge in [0.1, 0.15) is 0 Å². The summed E-state index contributed by atoms with van der Waals surface area (Å²) < 4.78 is 0. The first-order valence-electron chi connectivity index (χ1n) is 11.0. The number of hydrogen-bond donors (Lipinski definition) is 0. The van der Waals surface area contributed by atoms with Crippen molar-refractivity contribution in [3.05, 3.63) is 24.3 Å². The van der Waals surface area contributed by atoms with Crippen LogP contribution in [0.25, 0.3) is 0 Å². The van der Waals surface area contributed by atoms with Crippen LogP contribution in [0, 0.1) is 23.7 Å². The van der Waals surface area contributed by atoms with E-state index < -0.39 is 0 Å². The normalized spacial score (nSPS) is 37.9. The molecule has 6 heteroatoms.